The van der Waals surface area contributed by atoms with Gasteiger partial charge in [-0.25, -0.2) is 9.97 Å². The van der Waals surface area contributed by atoms with Gasteiger partial charge in [-0.2, -0.15) is 0 Å². The summed E-state index contributed by atoms with van der Waals surface area (Å²) in [6.07, 6.45) is 7.02. The lowest BCUT2D eigenvalue weighted by Crippen LogP contribution is -1.91. The van der Waals surface area contributed by atoms with E-state index in [0.717, 1.165) is 5.03 Å². The SMILES string of the molecule is Nc1cnc(Sc2ccc3c(c2)CCC3)cn1. The third-order valence-corrected chi connectivity index (χ3v) is 3.85. The van der Waals surface area contributed by atoms with Gasteiger partial charge in [0.1, 0.15) is 10.8 Å². The van der Waals surface area contributed by atoms with Crippen molar-refractivity contribution in [3.63, 3.8) is 0 Å². The van der Waals surface area contributed by atoms with Gasteiger partial charge in [0, 0.05) is 4.90 Å². The summed E-state index contributed by atoms with van der Waals surface area (Å²) in [5.41, 5.74) is 8.49. The van der Waals surface area contributed by atoms with E-state index >= 15 is 0 Å². The van der Waals surface area contributed by atoms with Crippen molar-refractivity contribution in [3.05, 3.63) is 41.7 Å². The molecule has 2 N–H and O–H groups in total. The van der Waals surface area contributed by atoms with Crippen LogP contribution in [0.5, 0.6) is 0 Å². The Hall–Kier alpha value is -1.55. The van der Waals surface area contributed by atoms with Gasteiger partial charge in [-0.05, 0) is 42.5 Å². The fourth-order valence-corrected chi connectivity index (χ4v) is 2.90. The summed E-state index contributed by atoms with van der Waals surface area (Å²) >= 11 is 1.63. The summed E-state index contributed by atoms with van der Waals surface area (Å²) in [7, 11) is 0. The number of hydrogen-bond acceptors (Lipinski definition) is 4. The van der Waals surface area contributed by atoms with Gasteiger partial charge in [-0.3, -0.25) is 0 Å². The molecule has 0 spiro atoms. The van der Waals surface area contributed by atoms with Crippen LogP contribution in [0.1, 0.15) is 17.5 Å². The molecule has 0 bridgehead atoms. The summed E-state index contributed by atoms with van der Waals surface area (Å²) in [6, 6.07) is 6.66. The predicted octanol–water partition coefficient (Wildman–Crippen LogP) is 2.70. The third kappa shape index (κ3) is 2.26. The molecule has 4 heteroatoms. The van der Waals surface area contributed by atoms with Gasteiger partial charge in [-0.1, -0.05) is 17.8 Å². The zero-order valence-corrected chi connectivity index (χ0v) is 10.2. The number of hydrogen-bond donors (Lipinski definition) is 1. The van der Waals surface area contributed by atoms with Crippen molar-refractivity contribution in [1.29, 1.82) is 0 Å². The zero-order chi connectivity index (χ0) is 11.7. The maximum Gasteiger partial charge on any atom is 0.141 e. The van der Waals surface area contributed by atoms with Gasteiger partial charge in [0.2, 0.25) is 0 Å². The molecule has 1 aliphatic carbocycles. The van der Waals surface area contributed by atoms with E-state index in [1.165, 1.54) is 35.3 Å². The van der Waals surface area contributed by atoms with Crippen LogP contribution in [0.2, 0.25) is 0 Å². The molecular weight excluding hydrogens is 230 g/mol. The predicted molar refractivity (Wildman–Crippen MR) is 69.0 cm³/mol. The molecular formula is C13H13N3S. The maximum atomic E-state index is 5.51. The summed E-state index contributed by atoms with van der Waals surface area (Å²) in [5.74, 6) is 0.461. The molecule has 0 aliphatic heterocycles. The van der Waals surface area contributed by atoms with E-state index < -0.39 is 0 Å². The van der Waals surface area contributed by atoms with Crippen molar-refractivity contribution < 1.29 is 0 Å². The highest BCUT2D eigenvalue weighted by Crippen LogP contribution is 2.30. The number of aromatic nitrogens is 2. The molecule has 0 atom stereocenters. The second kappa shape index (κ2) is 4.37. The van der Waals surface area contributed by atoms with E-state index in [1.807, 2.05) is 0 Å². The minimum atomic E-state index is 0.461. The summed E-state index contributed by atoms with van der Waals surface area (Å²) < 4.78 is 0. The average Bonchev–Trinajstić information content (AvgIpc) is 2.79. The number of nitrogens with zero attached hydrogens (tertiary/aromatic N) is 2. The minimum Gasteiger partial charge on any atom is -0.382 e. The highest BCUT2D eigenvalue weighted by molar-refractivity contribution is 7.99. The van der Waals surface area contributed by atoms with Crippen LogP contribution in [0, 0.1) is 0 Å². The van der Waals surface area contributed by atoms with Crippen LogP contribution in [-0.4, -0.2) is 9.97 Å². The number of anilines is 1. The van der Waals surface area contributed by atoms with Gasteiger partial charge in [0.05, 0.1) is 12.4 Å². The first kappa shape index (κ1) is 10.6. The third-order valence-electron chi connectivity index (χ3n) is 2.94. The summed E-state index contributed by atoms with van der Waals surface area (Å²) in [5, 5.41) is 0.886. The lowest BCUT2D eigenvalue weighted by atomic mass is 10.1. The Kier molecular flexibility index (Phi) is 2.73. The van der Waals surface area contributed by atoms with Crippen molar-refractivity contribution in [2.24, 2.45) is 0 Å². The van der Waals surface area contributed by atoms with Gasteiger partial charge >= 0.3 is 0 Å². The molecule has 3 nitrogen and oxygen atoms in total. The highest BCUT2D eigenvalue weighted by Gasteiger charge is 2.11. The maximum absolute atomic E-state index is 5.51. The monoisotopic (exact) mass is 243 g/mol. The van der Waals surface area contributed by atoms with Crippen molar-refractivity contribution in [2.75, 3.05) is 5.73 Å². The molecule has 0 fully saturated rings. The molecule has 2 aromatic rings. The summed E-state index contributed by atoms with van der Waals surface area (Å²) in [6.45, 7) is 0. The Morgan fingerprint density at radius 3 is 2.76 bits per heavy atom. The van der Waals surface area contributed by atoms with Crippen LogP contribution in [0.3, 0.4) is 0 Å². The van der Waals surface area contributed by atoms with E-state index in [9.17, 15) is 0 Å². The Morgan fingerprint density at radius 2 is 1.94 bits per heavy atom. The van der Waals surface area contributed by atoms with Gasteiger partial charge in [-0.15, -0.1) is 0 Å². The molecule has 3 rings (SSSR count). The molecule has 1 aromatic heterocycles. The fraction of sp³-hybridized carbons (Fsp3) is 0.231. The Morgan fingerprint density at radius 1 is 1.06 bits per heavy atom. The van der Waals surface area contributed by atoms with E-state index in [2.05, 4.69) is 28.2 Å². The largest absolute Gasteiger partial charge is 0.382 e. The van der Waals surface area contributed by atoms with Crippen LogP contribution in [0.25, 0.3) is 0 Å². The van der Waals surface area contributed by atoms with Gasteiger partial charge < -0.3 is 5.73 Å². The highest BCUT2D eigenvalue weighted by atomic mass is 32.2. The van der Waals surface area contributed by atoms with Crippen LogP contribution in [0.15, 0.2) is 40.5 Å². The van der Waals surface area contributed by atoms with Gasteiger partial charge in [0.15, 0.2) is 0 Å². The molecule has 0 unspecified atom stereocenters. The molecule has 0 radical (unpaired) electrons. The Bertz CT molecular complexity index is 537. The fourth-order valence-electron chi connectivity index (χ4n) is 2.11. The Labute approximate surface area is 104 Å². The number of rotatable bonds is 2. The second-order valence-corrected chi connectivity index (χ2v) is 5.26. The quantitative estimate of drug-likeness (QED) is 0.881. The molecule has 17 heavy (non-hydrogen) atoms. The van der Waals surface area contributed by atoms with Gasteiger partial charge in [0.25, 0.3) is 0 Å². The molecule has 0 saturated heterocycles. The first-order valence-corrected chi connectivity index (χ1v) is 6.50. The van der Waals surface area contributed by atoms with E-state index in [0.29, 0.717) is 5.82 Å². The molecule has 1 heterocycles. The number of benzene rings is 1. The molecule has 0 saturated carbocycles. The minimum absolute atomic E-state index is 0.461. The van der Waals surface area contributed by atoms with Crippen molar-refractivity contribution >= 4 is 17.6 Å². The lowest BCUT2D eigenvalue weighted by molar-refractivity contribution is 0.911. The van der Waals surface area contributed by atoms with Crippen LogP contribution in [0.4, 0.5) is 5.82 Å². The first-order valence-electron chi connectivity index (χ1n) is 5.68. The lowest BCUT2D eigenvalue weighted by Gasteiger charge is -2.04. The number of aryl methyl sites for hydroxylation is 2. The molecule has 0 amide bonds. The normalized spacial score (nSPS) is 13.6. The average molecular weight is 243 g/mol. The van der Waals surface area contributed by atoms with Crippen LogP contribution in [-0.2, 0) is 12.8 Å². The number of fused-ring (bicyclic) bond motifs is 1. The topological polar surface area (TPSA) is 51.8 Å². The van der Waals surface area contributed by atoms with Crippen molar-refractivity contribution in [1.82, 2.24) is 9.97 Å². The van der Waals surface area contributed by atoms with E-state index in [-0.39, 0.29) is 0 Å². The Balaban J connectivity index is 1.83. The second-order valence-electron chi connectivity index (χ2n) is 4.17. The summed E-state index contributed by atoms with van der Waals surface area (Å²) in [4.78, 5) is 9.51. The molecule has 1 aliphatic rings. The zero-order valence-electron chi connectivity index (χ0n) is 9.39. The molecule has 86 valence electrons. The smallest absolute Gasteiger partial charge is 0.141 e. The van der Waals surface area contributed by atoms with Crippen molar-refractivity contribution in [3.8, 4) is 0 Å². The standard InChI is InChI=1S/C13H13N3S/c14-12-7-16-13(8-15-12)17-11-5-4-9-2-1-3-10(9)6-11/h4-8H,1-3H2,(H2,14,15). The van der Waals surface area contributed by atoms with Crippen LogP contribution >= 0.6 is 11.8 Å². The number of nitrogens with two attached hydrogens (primary N) is 1. The van der Waals surface area contributed by atoms with E-state index in [1.54, 1.807) is 24.2 Å². The van der Waals surface area contributed by atoms with Crippen LogP contribution < -0.4 is 5.73 Å². The number of nitrogen functional groups attached to an aromatic ring is 1. The van der Waals surface area contributed by atoms with E-state index in [4.69, 9.17) is 5.73 Å². The molecule has 1 aromatic carbocycles. The van der Waals surface area contributed by atoms with Crippen molar-refractivity contribution in [2.45, 2.75) is 29.2 Å². The first-order chi connectivity index (χ1) is 8.31.